The second kappa shape index (κ2) is 6.83. The lowest BCUT2D eigenvalue weighted by Crippen LogP contribution is -2.35. The lowest BCUT2D eigenvalue weighted by molar-refractivity contribution is 0.0724. The number of anilines is 1. The summed E-state index contributed by atoms with van der Waals surface area (Å²) in [5.41, 5.74) is 3.75. The summed E-state index contributed by atoms with van der Waals surface area (Å²) in [5, 5.41) is 0.989. The van der Waals surface area contributed by atoms with Gasteiger partial charge in [-0.2, -0.15) is 0 Å². The van der Waals surface area contributed by atoms with Crippen molar-refractivity contribution in [2.24, 2.45) is 0 Å². The molecule has 1 fully saturated rings. The van der Waals surface area contributed by atoms with E-state index in [0.717, 1.165) is 48.3 Å². The van der Waals surface area contributed by atoms with Gasteiger partial charge in [0.25, 0.3) is 5.91 Å². The smallest absolute Gasteiger partial charge is 0.255 e. The first-order valence-corrected chi connectivity index (χ1v) is 9.17. The number of amides is 1. The summed E-state index contributed by atoms with van der Waals surface area (Å²) in [7, 11) is 4.06. The maximum atomic E-state index is 12.7. The van der Waals surface area contributed by atoms with E-state index in [1.54, 1.807) is 6.20 Å². The first kappa shape index (κ1) is 16.6. The minimum atomic E-state index is 0.0986. The minimum absolute atomic E-state index is 0.0986. The Balaban J connectivity index is 1.67. The Kier molecular flexibility index (Phi) is 4.37. The lowest BCUT2D eigenvalue weighted by atomic mass is 10.1. The zero-order chi connectivity index (χ0) is 18.1. The van der Waals surface area contributed by atoms with Gasteiger partial charge in [-0.05, 0) is 49.6 Å². The van der Waals surface area contributed by atoms with E-state index in [9.17, 15) is 4.79 Å². The number of nitrogens with zero attached hydrogens (tertiary/aromatic N) is 4. The van der Waals surface area contributed by atoms with Gasteiger partial charge in [-0.1, -0.05) is 6.07 Å². The van der Waals surface area contributed by atoms with Crippen LogP contribution in [0, 0.1) is 0 Å². The van der Waals surface area contributed by atoms with Crippen molar-refractivity contribution < 1.29 is 4.79 Å². The van der Waals surface area contributed by atoms with Crippen molar-refractivity contribution in [1.82, 2.24) is 14.5 Å². The maximum absolute atomic E-state index is 12.7. The van der Waals surface area contributed by atoms with E-state index in [2.05, 4.69) is 32.7 Å². The summed E-state index contributed by atoms with van der Waals surface area (Å²) >= 11 is 0. The summed E-state index contributed by atoms with van der Waals surface area (Å²) in [6.07, 6.45) is 7.14. The highest BCUT2D eigenvalue weighted by Crippen LogP contribution is 2.23. The Bertz CT molecular complexity index is 938. The molecule has 3 heterocycles. The zero-order valence-corrected chi connectivity index (χ0v) is 15.4. The molecule has 0 unspecified atom stereocenters. The third kappa shape index (κ3) is 3.05. The van der Waals surface area contributed by atoms with Gasteiger partial charge >= 0.3 is 0 Å². The van der Waals surface area contributed by atoms with Gasteiger partial charge in [0.15, 0.2) is 0 Å². The molecule has 0 atom stereocenters. The van der Waals surface area contributed by atoms with E-state index in [1.807, 2.05) is 43.4 Å². The van der Waals surface area contributed by atoms with Gasteiger partial charge in [-0.25, -0.2) is 4.98 Å². The number of hydrogen-bond acceptors (Lipinski definition) is 3. The summed E-state index contributed by atoms with van der Waals surface area (Å²) in [6.45, 7) is 1.71. The zero-order valence-electron chi connectivity index (χ0n) is 15.4. The number of fused-ring (bicyclic) bond motifs is 1. The molecule has 0 N–H and O–H groups in total. The Hall–Kier alpha value is -2.82. The SMILES string of the molecule is CN(C)c1cccc(-n2ccc3cc(C(=O)N4CCCCC4)cnc32)c1. The fourth-order valence-electron chi connectivity index (χ4n) is 3.55. The standard InChI is InChI=1S/C21H24N4O/c1-23(2)18-7-6-8-19(14-18)25-12-9-16-13-17(15-22-20(16)25)21(26)24-10-4-3-5-11-24/h6-9,12-15H,3-5,10-11H2,1-2H3. The number of benzene rings is 1. The molecule has 0 radical (unpaired) electrons. The highest BCUT2D eigenvalue weighted by Gasteiger charge is 2.19. The number of aromatic nitrogens is 2. The van der Waals surface area contributed by atoms with Crippen LogP contribution >= 0.6 is 0 Å². The molecule has 0 bridgehead atoms. The van der Waals surface area contributed by atoms with E-state index < -0.39 is 0 Å². The van der Waals surface area contributed by atoms with Gasteiger partial charge in [0.1, 0.15) is 5.65 Å². The molecule has 1 saturated heterocycles. The third-order valence-electron chi connectivity index (χ3n) is 5.04. The molecule has 1 aliphatic heterocycles. The predicted molar refractivity (Wildman–Crippen MR) is 105 cm³/mol. The van der Waals surface area contributed by atoms with Crippen molar-refractivity contribution >= 4 is 22.6 Å². The van der Waals surface area contributed by atoms with Crippen molar-refractivity contribution in [3.05, 3.63) is 54.4 Å². The molecule has 1 amide bonds. The number of likely N-dealkylation sites (tertiary alicyclic amines) is 1. The summed E-state index contributed by atoms with van der Waals surface area (Å²) in [6, 6.07) is 12.3. The molecule has 3 aromatic rings. The van der Waals surface area contributed by atoms with Crippen LogP contribution < -0.4 is 4.90 Å². The molecular formula is C21H24N4O. The van der Waals surface area contributed by atoms with Crippen molar-refractivity contribution in [3.63, 3.8) is 0 Å². The molecule has 0 saturated carbocycles. The van der Waals surface area contributed by atoms with E-state index in [1.165, 1.54) is 6.42 Å². The molecule has 4 rings (SSSR count). The first-order chi connectivity index (χ1) is 12.6. The molecule has 1 aromatic carbocycles. The molecule has 134 valence electrons. The Morgan fingerprint density at radius 3 is 2.65 bits per heavy atom. The van der Waals surface area contributed by atoms with Crippen molar-refractivity contribution in [1.29, 1.82) is 0 Å². The number of carbonyl (C=O) groups excluding carboxylic acids is 1. The summed E-state index contributed by atoms with van der Waals surface area (Å²) < 4.78 is 2.07. The van der Waals surface area contributed by atoms with Crippen LogP contribution in [0.1, 0.15) is 29.6 Å². The predicted octanol–water partition coefficient (Wildman–Crippen LogP) is 3.72. The largest absolute Gasteiger partial charge is 0.378 e. The minimum Gasteiger partial charge on any atom is -0.378 e. The van der Waals surface area contributed by atoms with Crippen molar-refractivity contribution in [2.75, 3.05) is 32.1 Å². The number of piperidine rings is 1. The first-order valence-electron chi connectivity index (χ1n) is 9.17. The highest BCUT2D eigenvalue weighted by molar-refractivity contribution is 5.97. The fraction of sp³-hybridized carbons (Fsp3) is 0.333. The van der Waals surface area contributed by atoms with Crippen molar-refractivity contribution in [3.8, 4) is 5.69 Å². The van der Waals surface area contributed by atoms with Gasteiger partial charge in [0, 0.05) is 56.3 Å². The molecule has 2 aromatic heterocycles. The molecule has 0 aliphatic carbocycles. The average molecular weight is 348 g/mol. The average Bonchev–Trinajstić information content (AvgIpc) is 3.11. The monoisotopic (exact) mass is 348 g/mol. The molecule has 26 heavy (non-hydrogen) atoms. The van der Waals surface area contributed by atoms with Crippen LogP contribution in [-0.2, 0) is 0 Å². The van der Waals surface area contributed by atoms with Crippen LogP contribution in [0.15, 0.2) is 48.8 Å². The fourth-order valence-corrected chi connectivity index (χ4v) is 3.55. The van der Waals surface area contributed by atoms with E-state index >= 15 is 0 Å². The van der Waals surface area contributed by atoms with Crippen LogP contribution in [-0.4, -0.2) is 47.5 Å². The summed E-state index contributed by atoms with van der Waals surface area (Å²) in [4.78, 5) is 21.4. The quantitative estimate of drug-likeness (QED) is 0.724. The third-order valence-corrected chi connectivity index (χ3v) is 5.04. The van der Waals surface area contributed by atoms with Gasteiger partial charge in [0.2, 0.25) is 0 Å². The van der Waals surface area contributed by atoms with Crippen LogP contribution in [0.25, 0.3) is 16.7 Å². The Labute approximate surface area is 153 Å². The van der Waals surface area contributed by atoms with Crippen LogP contribution in [0.2, 0.25) is 0 Å². The van der Waals surface area contributed by atoms with Crippen LogP contribution in [0.4, 0.5) is 5.69 Å². The van der Waals surface area contributed by atoms with E-state index in [4.69, 9.17) is 0 Å². The molecule has 0 spiro atoms. The number of hydrogen-bond donors (Lipinski definition) is 0. The molecule has 5 nitrogen and oxygen atoms in total. The second-order valence-electron chi connectivity index (χ2n) is 7.09. The van der Waals surface area contributed by atoms with Crippen molar-refractivity contribution in [2.45, 2.75) is 19.3 Å². The van der Waals surface area contributed by atoms with Crippen LogP contribution in [0.3, 0.4) is 0 Å². The lowest BCUT2D eigenvalue weighted by Gasteiger charge is -2.26. The van der Waals surface area contributed by atoms with Gasteiger partial charge in [0.05, 0.1) is 5.56 Å². The van der Waals surface area contributed by atoms with Crippen LogP contribution in [0.5, 0.6) is 0 Å². The number of carbonyl (C=O) groups is 1. The molecule has 5 heteroatoms. The van der Waals surface area contributed by atoms with Gasteiger partial charge < -0.3 is 14.4 Å². The van der Waals surface area contributed by atoms with Gasteiger partial charge in [-0.15, -0.1) is 0 Å². The topological polar surface area (TPSA) is 41.4 Å². The van der Waals surface area contributed by atoms with E-state index in [-0.39, 0.29) is 5.91 Å². The number of pyridine rings is 1. The Morgan fingerprint density at radius 1 is 1.08 bits per heavy atom. The normalized spacial score (nSPS) is 14.6. The summed E-state index contributed by atoms with van der Waals surface area (Å²) in [5.74, 6) is 0.0986. The van der Waals surface area contributed by atoms with Gasteiger partial charge in [-0.3, -0.25) is 4.79 Å². The molecule has 1 aliphatic rings. The molecular weight excluding hydrogens is 324 g/mol. The maximum Gasteiger partial charge on any atom is 0.255 e. The number of rotatable bonds is 3. The highest BCUT2D eigenvalue weighted by atomic mass is 16.2. The Morgan fingerprint density at radius 2 is 1.88 bits per heavy atom. The second-order valence-corrected chi connectivity index (χ2v) is 7.09. The van der Waals surface area contributed by atoms with E-state index in [0.29, 0.717) is 5.56 Å².